The first kappa shape index (κ1) is 52.3. The number of fused-ring (bicyclic) bond motifs is 2. The van der Waals surface area contributed by atoms with Crippen molar-refractivity contribution < 1.29 is 38.9 Å². The molecule has 4 saturated heterocycles. The normalized spacial score (nSPS) is 21.7. The van der Waals surface area contributed by atoms with Gasteiger partial charge < -0.3 is 40.5 Å². The van der Waals surface area contributed by atoms with Crippen molar-refractivity contribution in [1.29, 1.82) is 0 Å². The van der Waals surface area contributed by atoms with E-state index in [2.05, 4.69) is 57.1 Å². The lowest BCUT2D eigenvalue weighted by atomic mass is 9.95. The molecule has 374 valence electrons. The minimum Gasteiger partial charge on any atom is -0.466 e. The average Bonchev–Trinajstić information content (AvgIpc) is 4.21. The largest absolute Gasteiger partial charge is 0.466 e. The van der Waals surface area contributed by atoms with Gasteiger partial charge in [-0.3, -0.25) is 14.9 Å². The van der Waals surface area contributed by atoms with Crippen LogP contribution in [-0.2, 0) is 19.1 Å². The zero-order valence-electron chi connectivity index (χ0n) is 37.1. The Labute approximate surface area is 431 Å². The number of halogens is 5. The fraction of sp³-hybridized carbons (Fsp3) is 0.391. The van der Waals surface area contributed by atoms with Crippen LogP contribution in [0.1, 0.15) is 61.3 Å². The van der Waals surface area contributed by atoms with Crippen molar-refractivity contribution in [3.8, 4) is 0 Å². The number of piperidine rings is 1. The number of hydrogen-bond donors (Lipinski definition) is 4. The molecule has 2 aromatic carbocycles. The topological polar surface area (TPSA) is 195 Å². The number of nitrogens with zero attached hydrogens (tertiary/aromatic N) is 7. The number of urea groups is 2. The van der Waals surface area contributed by atoms with E-state index in [0.717, 1.165) is 13.1 Å². The van der Waals surface area contributed by atoms with E-state index in [1.54, 1.807) is 12.4 Å². The van der Waals surface area contributed by atoms with E-state index < -0.39 is 35.7 Å². The number of piperazine rings is 1. The predicted molar refractivity (Wildman–Crippen MR) is 271 cm³/mol. The minimum atomic E-state index is -0.799. The summed E-state index contributed by atoms with van der Waals surface area (Å²) in [7, 11) is 2.61. The van der Waals surface area contributed by atoms with Gasteiger partial charge >= 0.3 is 24.0 Å². The van der Waals surface area contributed by atoms with Crippen LogP contribution >= 0.6 is 61.8 Å². The van der Waals surface area contributed by atoms with Crippen LogP contribution in [0.15, 0.2) is 92.1 Å². The molecule has 0 spiro atoms. The Hall–Kier alpha value is -5.52. The van der Waals surface area contributed by atoms with Crippen LogP contribution in [0.5, 0.6) is 0 Å². The van der Waals surface area contributed by atoms with Gasteiger partial charge in [0.15, 0.2) is 21.7 Å². The van der Waals surface area contributed by atoms with Crippen molar-refractivity contribution >= 4 is 97.5 Å². The molecule has 24 heteroatoms. The molecule has 70 heavy (non-hydrogen) atoms. The zero-order valence-corrected chi connectivity index (χ0v) is 41.9. The molecule has 0 bridgehead atoms. The lowest BCUT2D eigenvalue weighted by molar-refractivity contribution is -0.137. The number of esters is 2. The number of amides is 4. The van der Waals surface area contributed by atoms with Gasteiger partial charge in [-0.2, -0.15) is 0 Å². The molecule has 6 aliphatic rings. The van der Waals surface area contributed by atoms with Crippen LogP contribution in [-0.4, -0.2) is 138 Å². The van der Waals surface area contributed by atoms with Gasteiger partial charge in [0.1, 0.15) is 23.7 Å². The number of benzene rings is 2. The van der Waals surface area contributed by atoms with Gasteiger partial charge in [-0.15, -0.1) is 22.7 Å². The van der Waals surface area contributed by atoms with Gasteiger partial charge in [0.05, 0.1) is 37.4 Å². The molecule has 8 heterocycles. The lowest BCUT2D eigenvalue weighted by Gasteiger charge is -2.38. The van der Waals surface area contributed by atoms with Crippen molar-refractivity contribution in [3.05, 3.63) is 125 Å². The molecule has 2 aromatic heterocycles. The molecule has 4 fully saturated rings. The van der Waals surface area contributed by atoms with Crippen LogP contribution < -0.4 is 21.3 Å². The fourth-order valence-corrected chi connectivity index (χ4v) is 10.9. The minimum absolute atomic E-state index is 0. The molecule has 6 aliphatic heterocycles. The summed E-state index contributed by atoms with van der Waals surface area (Å²) < 4.78 is 37.2. The number of ether oxygens (including phenoxy) is 2. The number of nitrogens with one attached hydrogen (secondary N) is 4. The predicted octanol–water partition coefficient (Wildman–Crippen LogP) is 7.46. The number of methoxy groups -OCH3 is 2. The van der Waals surface area contributed by atoms with Crippen molar-refractivity contribution in [2.45, 2.75) is 50.9 Å². The van der Waals surface area contributed by atoms with E-state index in [9.17, 15) is 28.0 Å². The molecular formula is C46H52BrCl2F2N11O6S2. The molecular weight excluding hydrogens is 1060 g/mol. The number of thiazole rings is 2. The van der Waals surface area contributed by atoms with E-state index in [1.807, 2.05) is 20.6 Å². The third kappa shape index (κ3) is 11.6. The Morgan fingerprint density at radius 3 is 1.77 bits per heavy atom. The van der Waals surface area contributed by atoms with Crippen LogP contribution in [0.2, 0.25) is 10.0 Å². The summed E-state index contributed by atoms with van der Waals surface area (Å²) >= 11 is 18.8. The average molecular weight is 1110 g/mol. The maximum atomic E-state index is 13.8. The highest BCUT2D eigenvalue weighted by atomic mass is 79.9. The molecule has 4 aromatic rings. The molecule has 4 atom stereocenters. The fourth-order valence-electron chi connectivity index (χ4n) is 8.74. The standard InChI is InChI=1S/C22H22ClFN6O3S.C16H12BrClFN3O2S.C7H12N2O.CH4.H2/c1-33-21(31)17-16(11-29-5-6-30-13(10-29)9-26-22(30)32)27-19(20-25-4-7-34-20)28-18(17)14-3-2-12(24)8-15(14)23;1-24-16(23)12-11(7-17)21-14(15-20-4-5-25-15)22-13(12)9-3-2-8(19)6-10(9)18;10-7-8-5-6-3-1-2-4-9(6)7;;/h2-4,7-8,13,18H,5-6,9-11H2,1H3,(H,26,32)(H,27,28);2-6,13H,7H2,1H3,(H,21,22);6H,1-5H2,(H,8,10);1H4;1H/t13-,18+;13-;6-;;/m100../s1. The van der Waals surface area contributed by atoms with Crippen LogP contribution in [0.4, 0.5) is 18.4 Å². The molecule has 0 radical (unpaired) electrons. The lowest BCUT2D eigenvalue weighted by Crippen LogP contribution is -2.53. The summed E-state index contributed by atoms with van der Waals surface area (Å²) in [4.78, 5) is 72.3. The Balaban J connectivity index is 0.000000195. The summed E-state index contributed by atoms with van der Waals surface area (Å²) in [6.45, 7) is 4.74. The van der Waals surface area contributed by atoms with Gasteiger partial charge in [0.25, 0.3) is 0 Å². The number of aliphatic imine (C=N–C) groups is 2. The van der Waals surface area contributed by atoms with E-state index >= 15 is 0 Å². The Morgan fingerprint density at radius 2 is 1.29 bits per heavy atom. The summed E-state index contributed by atoms with van der Waals surface area (Å²) in [5.41, 5.74) is 2.83. The van der Waals surface area contributed by atoms with Crippen LogP contribution in [0.25, 0.3) is 0 Å². The van der Waals surface area contributed by atoms with Gasteiger partial charge in [-0.1, -0.05) is 58.7 Å². The molecule has 0 unspecified atom stereocenters. The number of amidine groups is 2. The highest BCUT2D eigenvalue weighted by molar-refractivity contribution is 9.09. The van der Waals surface area contributed by atoms with Crippen molar-refractivity contribution in [2.75, 3.05) is 65.4 Å². The monoisotopic (exact) mass is 1110 g/mol. The van der Waals surface area contributed by atoms with E-state index in [0.29, 0.717) is 99.4 Å². The molecule has 4 N–H and O–H groups in total. The van der Waals surface area contributed by atoms with Gasteiger partial charge in [-0.25, -0.2) is 37.9 Å². The number of rotatable bonds is 9. The molecule has 0 aliphatic carbocycles. The zero-order chi connectivity index (χ0) is 48.8. The highest BCUT2D eigenvalue weighted by Gasteiger charge is 2.39. The number of alkyl halides is 1. The van der Waals surface area contributed by atoms with Crippen molar-refractivity contribution in [3.63, 3.8) is 0 Å². The summed E-state index contributed by atoms with van der Waals surface area (Å²) in [6, 6.07) is 7.18. The number of allylic oxidation sites excluding steroid dienone is 1. The second-order valence-corrected chi connectivity index (χ2v) is 19.4. The summed E-state index contributed by atoms with van der Waals surface area (Å²) in [5, 5.41) is 17.8. The quantitative estimate of drug-likeness (QED) is 0.0960. The summed E-state index contributed by atoms with van der Waals surface area (Å²) in [5.74, 6) is -1.01. The second kappa shape index (κ2) is 23.6. The van der Waals surface area contributed by atoms with Crippen LogP contribution in [0, 0.1) is 11.6 Å². The van der Waals surface area contributed by atoms with Gasteiger partial charge in [-0.05, 0) is 43.5 Å². The first-order valence-corrected chi connectivity index (χ1v) is 25.4. The molecule has 10 rings (SSSR count). The Bertz CT molecular complexity index is 2720. The number of carbonyl (C=O) groups excluding carboxylic acids is 4. The SMILES string of the molecule is C.COC(=O)C1=C(CBr)NC(c2nccs2)=N[C@H]1c1ccc(F)cc1Cl.COC(=O)C1=C(CN2CCN3C(=O)NC[C@@H]3C2)NC(c2nccs2)=N[C@H]1c1ccc(F)cc1Cl.O=C1NC[C@@H]2CCCCN12.[HH]. The third-order valence-corrected chi connectivity index (χ3v) is 14.8. The second-order valence-electron chi connectivity index (χ2n) is 16.2. The molecule has 17 nitrogen and oxygen atoms in total. The van der Waals surface area contributed by atoms with Crippen molar-refractivity contribution in [2.24, 2.45) is 9.98 Å². The first-order chi connectivity index (χ1) is 33.4. The van der Waals surface area contributed by atoms with E-state index in [1.165, 1.54) is 92.6 Å². The van der Waals surface area contributed by atoms with Crippen LogP contribution in [0.3, 0.4) is 0 Å². The maximum absolute atomic E-state index is 13.8. The van der Waals surface area contributed by atoms with E-state index in [-0.39, 0.29) is 37.0 Å². The third-order valence-electron chi connectivity index (χ3n) is 12.1. The summed E-state index contributed by atoms with van der Waals surface area (Å²) in [6.07, 6.45) is 7.00. The molecule has 4 amide bonds. The number of hydrogen-bond acceptors (Lipinski definition) is 15. The smallest absolute Gasteiger partial charge is 0.338 e. The number of aromatic nitrogens is 2. The van der Waals surface area contributed by atoms with Gasteiger partial charge in [0.2, 0.25) is 0 Å². The van der Waals surface area contributed by atoms with Crippen molar-refractivity contribution in [1.82, 2.24) is 45.9 Å². The highest BCUT2D eigenvalue weighted by Crippen LogP contribution is 2.39. The first-order valence-electron chi connectivity index (χ1n) is 21.8. The number of carbonyl (C=O) groups is 4. The van der Waals surface area contributed by atoms with E-state index in [4.69, 9.17) is 37.7 Å². The maximum Gasteiger partial charge on any atom is 0.338 e. The van der Waals surface area contributed by atoms with Gasteiger partial charge in [0, 0.05) is 108 Å². The molecule has 0 saturated carbocycles. The Kier molecular flexibility index (Phi) is 17.6. The Morgan fingerprint density at radius 1 is 0.771 bits per heavy atom.